The first-order chi connectivity index (χ1) is 12.9. The van der Waals surface area contributed by atoms with Gasteiger partial charge < -0.3 is 9.15 Å². The van der Waals surface area contributed by atoms with Gasteiger partial charge in [-0.05, 0) is 56.4 Å². The summed E-state index contributed by atoms with van der Waals surface area (Å²) in [5.41, 5.74) is 2.48. The molecule has 0 saturated heterocycles. The number of ether oxygens (including phenoxy) is 1. The zero-order valence-corrected chi connectivity index (χ0v) is 16.4. The summed E-state index contributed by atoms with van der Waals surface area (Å²) in [5, 5.41) is 4.40. The first-order valence-corrected chi connectivity index (χ1v) is 9.07. The van der Waals surface area contributed by atoms with Crippen molar-refractivity contribution in [2.24, 2.45) is 0 Å². The maximum absolute atomic E-state index is 13.8. The summed E-state index contributed by atoms with van der Waals surface area (Å²) in [6.07, 6.45) is -0.563. The molecule has 5 nitrogen and oxygen atoms in total. The summed E-state index contributed by atoms with van der Waals surface area (Å²) >= 11 is 5.27. The van der Waals surface area contributed by atoms with Crippen LogP contribution in [0, 0.1) is 17.6 Å². The van der Waals surface area contributed by atoms with Gasteiger partial charge in [-0.3, -0.25) is 4.90 Å². The third kappa shape index (κ3) is 4.81. The molecule has 7 heteroatoms. The van der Waals surface area contributed by atoms with Crippen molar-refractivity contribution < 1.29 is 13.5 Å². The van der Waals surface area contributed by atoms with Crippen molar-refractivity contribution in [2.75, 3.05) is 7.05 Å². The van der Waals surface area contributed by atoms with Crippen LogP contribution in [0.1, 0.15) is 30.0 Å². The van der Waals surface area contributed by atoms with Crippen molar-refractivity contribution in [3.63, 3.8) is 0 Å². The molecule has 0 aliphatic carbocycles. The molecular formula is C20H22FN3O2S. The van der Waals surface area contributed by atoms with Gasteiger partial charge in [0.05, 0.1) is 6.67 Å². The summed E-state index contributed by atoms with van der Waals surface area (Å²) < 4.78 is 26.5. The predicted octanol–water partition coefficient (Wildman–Crippen LogP) is 4.88. The average Bonchev–Trinajstić information content (AvgIpc) is 2.99. The number of halogens is 1. The Morgan fingerprint density at radius 3 is 2.67 bits per heavy atom. The van der Waals surface area contributed by atoms with Crippen molar-refractivity contribution >= 4 is 12.2 Å². The number of hydrogen-bond donors (Lipinski definition) is 0. The molecule has 1 heterocycles. The summed E-state index contributed by atoms with van der Waals surface area (Å²) in [4.78, 5) is 2.35. The van der Waals surface area contributed by atoms with Gasteiger partial charge in [0.25, 0.3) is 10.7 Å². The van der Waals surface area contributed by atoms with E-state index >= 15 is 0 Å². The molecule has 0 saturated carbocycles. The Kier molecular flexibility index (Phi) is 6.03. The van der Waals surface area contributed by atoms with Crippen LogP contribution in [-0.2, 0) is 13.2 Å². The highest BCUT2D eigenvalue weighted by atomic mass is 32.1. The van der Waals surface area contributed by atoms with E-state index < -0.39 is 11.9 Å². The van der Waals surface area contributed by atoms with E-state index in [9.17, 15) is 4.39 Å². The summed E-state index contributed by atoms with van der Waals surface area (Å²) in [7, 11) is 1.99. The van der Waals surface area contributed by atoms with Crippen LogP contribution in [0.5, 0.6) is 5.75 Å². The SMILES string of the molecule is Cc1ccccc1CN(C)Cn1nc([C@H](C)Oc2ccccc2F)oc1=S. The highest BCUT2D eigenvalue weighted by molar-refractivity contribution is 7.71. The van der Waals surface area contributed by atoms with Gasteiger partial charge in [-0.2, -0.15) is 0 Å². The number of para-hydroxylation sites is 1. The second-order valence-corrected chi connectivity index (χ2v) is 6.83. The van der Waals surface area contributed by atoms with Gasteiger partial charge in [0.1, 0.15) is 0 Å². The van der Waals surface area contributed by atoms with Crippen molar-refractivity contribution in [2.45, 2.75) is 33.2 Å². The second kappa shape index (κ2) is 8.45. The monoisotopic (exact) mass is 387 g/mol. The third-order valence-corrected chi connectivity index (χ3v) is 4.48. The molecule has 0 fully saturated rings. The Balaban J connectivity index is 1.68. The summed E-state index contributed by atoms with van der Waals surface area (Å²) in [5.74, 6) is 0.0326. The van der Waals surface area contributed by atoms with Gasteiger partial charge in [0, 0.05) is 6.54 Å². The van der Waals surface area contributed by atoms with Crippen LogP contribution >= 0.6 is 12.2 Å². The smallest absolute Gasteiger partial charge is 0.288 e. The van der Waals surface area contributed by atoms with Crippen LogP contribution in [0.15, 0.2) is 52.9 Å². The fourth-order valence-corrected chi connectivity index (χ4v) is 2.90. The van der Waals surface area contributed by atoms with Crippen molar-refractivity contribution in [1.29, 1.82) is 0 Å². The fourth-order valence-electron chi connectivity index (χ4n) is 2.71. The quantitative estimate of drug-likeness (QED) is 0.541. The average molecular weight is 387 g/mol. The molecule has 0 radical (unpaired) electrons. The first kappa shape index (κ1) is 19.3. The zero-order valence-electron chi connectivity index (χ0n) is 15.6. The summed E-state index contributed by atoms with van der Waals surface area (Å²) in [6, 6.07) is 14.5. The van der Waals surface area contributed by atoms with Gasteiger partial charge in [-0.25, -0.2) is 9.07 Å². The molecule has 142 valence electrons. The van der Waals surface area contributed by atoms with Crippen LogP contribution in [0.25, 0.3) is 0 Å². The number of rotatable bonds is 7. The lowest BCUT2D eigenvalue weighted by molar-refractivity contribution is 0.179. The molecule has 3 rings (SSSR count). The highest BCUT2D eigenvalue weighted by Gasteiger charge is 2.18. The van der Waals surface area contributed by atoms with Crippen LogP contribution in [0.4, 0.5) is 4.39 Å². The van der Waals surface area contributed by atoms with Crippen molar-refractivity contribution in [1.82, 2.24) is 14.7 Å². The van der Waals surface area contributed by atoms with Crippen LogP contribution in [0.2, 0.25) is 0 Å². The fraction of sp³-hybridized carbons (Fsp3) is 0.300. The van der Waals surface area contributed by atoms with E-state index in [0.717, 1.165) is 6.54 Å². The number of aromatic nitrogens is 2. The normalized spacial score (nSPS) is 12.3. The lowest BCUT2D eigenvalue weighted by Crippen LogP contribution is -2.23. The minimum Gasteiger partial charge on any atom is -0.478 e. The van der Waals surface area contributed by atoms with Gasteiger partial charge >= 0.3 is 0 Å². The number of nitrogens with zero attached hydrogens (tertiary/aromatic N) is 3. The molecule has 0 unspecified atom stereocenters. The van der Waals surface area contributed by atoms with Gasteiger partial charge in [0.15, 0.2) is 17.7 Å². The number of hydrogen-bond acceptors (Lipinski definition) is 5. The molecule has 3 aromatic rings. The highest BCUT2D eigenvalue weighted by Crippen LogP contribution is 2.23. The van der Waals surface area contributed by atoms with Crippen LogP contribution in [-0.4, -0.2) is 21.7 Å². The van der Waals surface area contributed by atoms with E-state index in [2.05, 4.69) is 29.1 Å². The Bertz CT molecular complexity index is 970. The van der Waals surface area contributed by atoms with Crippen molar-refractivity contribution in [3.05, 3.63) is 76.2 Å². The molecule has 1 atom stereocenters. The van der Waals surface area contributed by atoms with Crippen LogP contribution < -0.4 is 4.74 Å². The predicted molar refractivity (Wildman–Crippen MR) is 103 cm³/mol. The Morgan fingerprint density at radius 1 is 1.22 bits per heavy atom. The Hall–Kier alpha value is -2.51. The molecule has 0 bridgehead atoms. The first-order valence-electron chi connectivity index (χ1n) is 8.66. The van der Waals surface area contributed by atoms with E-state index in [4.69, 9.17) is 21.4 Å². The lowest BCUT2D eigenvalue weighted by Gasteiger charge is -2.17. The van der Waals surface area contributed by atoms with E-state index in [0.29, 0.717) is 12.6 Å². The van der Waals surface area contributed by atoms with Gasteiger partial charge in [-0.1, -0.05) is 36.4 Å². The topological polar surface area (TPSA) is 43.4 Å². The molecule has 0 spiro atoms. The minimum atomic E-state index is -0.563. The standard InChI is InChI=1S/C20H22FN3O2S/c1-14-8-4-5-9-16(14)12-23(3)13-24-20(27)26-19(22-24)15(2)25-18-11-7-6-10-17(18)21/h4-11,15H,12-13H2,1-3H3/t15-/m0/s1. The largest absolute Gasteiger partial charge is 0.478 e. The van der Waals surface area contributed by atoms with E-state index in [1.54, 1.807) is 29.8 Å². The second-order valence-electron chi connectivity index (χ2n) is 6.48. The van der Waals surface area contributed by atoms with Gasteiger partial charge in [0.2, 0.25) is 0 Å². The van der Waals surface area contributed by atoms with E-state index in [1.165, 1.54) is 17.2 Å². The van der Waals surface area contributed by atoms with E-state index in [-0.39, 0.29) is 10.6 Å². The molecule has 0 aliphatic heterocycles. The molecule has 0 aliphatic rings. The van der Waals surface area contributed by atoms with Gasteiger partial charge in [-0.15, -0.1) is 5.10 Å². The third-order valence-electron chi connectivity index (χ3n) is 4.19. The Morgan fingerprint density at radius 2 is 1.93 bits per heavy atom. The Labute approximate surface area is 163 Å². The maximum atomic E-state index is 13.8. The van der Waals surface area contributed by atoms with E-state index in [1.807, 2.05) is 19.2 Å². The molecule has 27 heavy (non-hydrogen) atoms. The number of benzene rings is 2. The lowest BCUT2D eigenvalue weighted by atomic mass is 10.1. The zero-order chi connectivity index (χ0) is 19.4. The molecule has 2 aromatic carbocycles. The maximum Gasteiger partial charge on any atom is 0.288 e. The number of aryl methyl sites for hydroxylation is 1. The summed E-state index contributed by atoms with van der Waals surface area (Å²) in [6.45, 7) is 5.07. The molecule has 0 N–H and O–H groups in total. The minimum absolute atomic E-state index is 0.150. The molecule has 0 amide bonds. The molecule has 1 aromatic heterocycles. The van der Waals surface area contributed by atoms with Crippen molar-refractivity contribution in [3.8, 4) is 5.75 Å². The molecular weight excluding hydrogens is 365 g/mol. The van der Waals surface area contributed by atoms with Crippen LogP contribution in [0.3, 0.4) is 0 Å².